The van der Waals surface area contributed by atoms with E-state index < -0.39 is 23.2 Å². The maximum atomic E-state index is 13.6. The van der Waals surface area contributed by atoms with Crippen molar-refractivity contribution in [2.75, 3.05) is 0 Å². The maximum absolute atomic E-state index is 13.6. The van der Waals surface area contributed by atoms with Crippen molar-refractivity contribution in [3.05, 3.63) is 52.1 Å². The lowest BCUT2D eigenvalue weighted by atomic mass is 10.2. The van der Waals surface area contributed by atoms with Crippen LogP contribution in [0.3, 0.4) is 0 Å². The standard InChI is InChI=1S/C12H6BrF2NO2S/c13-6-3-10(15)11(16-5-6)19-7-1-2-9(14)8(4-7)12(17)18/h1-5H,(H,17,18). The van der Waals surface area contributed by atoms with Crippen molar-refractivity contribution < 1.29 is 18.7 Å². The Morgan fingerprint density at radius 1 is 1.26 bits per heavy atom. The van der Waals surface area contributed by atoms with Crippen LogP contribution in [0.4, 0.5) is 8.78 Å². The Morgan fingerprint density at radius 2 is 2.00 bits per heavy atom. The first-order valence-electron chi connectivity index (χ1n) is 4.99. The van der Waals surface area contributed by atoms with E-state index in [1.165, 1.54) is 18.3 Å². The fourth-order valence-corrected chi connectivity index (χ4v) is 2.42. The van der Waals surface area contributed by atoms with Gasteiger partial charge in [-0.3, -0.25) is 0 Å². The Hall–Kier alpha value is -1.47. The van der Waals surface area contributed by atoms with Crippen LogP contribution < -0.4 is 0 Å². The molecule has 0 saturated carbocycles. The third kappa shape index (κ3) is 3.30. The fraction of sp³-hybridized carbons (Fsp3) is 0. The highest BCUT2D eigenvalue weighted by atomic mass is 79.9. The summed E-state index contributed by atoms with van der Waals surface area (Å²) in [4.78, 5) is 15.1. The van der Waals surface area contributed by atoms with Crippen LogP contribution in [0.5, 0.6) is 0 Å². The van der Waals surface area contributed by atoms with Crippen molar-refractivity contribution in [3.8, 4) is 0 Å². The molecule has 0 amide bonds. The molecule has 0 bridgehead atoms. The molecule has 2 aromatic rings. The van der Waals surface area contributed by atoms with E-state index in [1.54, 1.807) is 0 Å². The topological polar surface area (TPSA) is 50.2 Å². The molecule has 0 spiro atoms. The number of hydrogen-bond acceptors (Lipinski definition) is 3. The molecule has 7 heteroatoms. The smallest absolute Gasteiger partial charge is 0.338 e. The molecule has 1 N–H and O–H groups in total. The highest BCUT2D eigenvalue weighted by Gasteiger charge is 2.13. The third-order valence-corrected chi connectivity index (χ3v) is 3.57. The van der Waals surface area contributed by atoms with E-state index in [0.717, 1.165) is 23.9 Å². The average molecular weight is 346 g/mol. The van der Waals surface area contributed by atoms with Gasteiger partial charge in [0.05, 0.1) is 5.56 Å². The number of rotatable bonds is 3. The van der Waals surface area contributed by atoms with Crippen LogP contribution in [0.15, 0.2) is 44.9 Å². The van der Waals surface area contributed by atoms with Crippen LogP contribution in [-0.2, 0) is 0 Å². The minimum absolute atomic E-state index is 0.0890. The van der Waals surface area contributed by atoms with E-state index in [1.807, 2.05) is 0 Å². The Bertz CT molecular complexity index is 652. The Morgan fingerprint density at radius 3 is 2.63 bits per heavy atom. The number of nitrogens with zero attached hydrogens (tertiary/aromatic N) is 1. The molecule has 0 radical (unpaired) electrons. The number of carbonyl (C=O) groups is 1. The maximum Gasteiger partial charge on any atom is 0.338 e. The highest BCUT2D eigenvalue weighted by Crippen LogP contribution is 2.30. The minimum atomic E-state index is -1.37. The van der Waals surface area contributed by atoms with E-state index in [2.05, 4.69) is 20.9 Å². The molecule has 1 aromatic carbocycles. The van der Waals surface area contributed by atoms with Gasteiger partial charge in [-0.25, -0.2) is 18.6 Å². The molecule has 19 heavy (non-hydrogen) atoms. The SMILES string of the molecule is O=C(O)c1cc(Sc2ncc(Br)cc2F)ccc1F. The van der Waals surface area contributed by atoms with Gasteiger partial charge < -0.3 is 5.11 Å². The third-order valence-electron chi connectivity index (χ3n) is 2.16. The molecular weight excluding hydrogens is 340 g/mol. The van der Waals surface area contributed by atoms with Crippen LogP contribution in [0, 0.1) is 11.6 Å². The second-order valence-electron chi connectivity index (χ2n) is 3.49. The fourth-order valence-electron chi connectivity index (χ4n) is 1.32. The lowest BCUT2D eigenvalue weighted by Crippen LogP contribution is -2.00. The van der Waals surface area contributed by atoms with Gasteiger partial charge in [0.15, 0.2) is 5.82 Å². The number of aromatic nitrogens is 1. The molecule has 2 rings (SSSR count). The van der Waals surface area contributed by atoms with Gasteiger partial charge in [-0.05, 0) is 40.2 Å². The molecule has 1 heterocycles. The number of hydrogen-bond donors (Lipinski definition) is 1. The molecule has 0 atom stereocenters. The van der Waals surface area contributed by atoms with Gasteiger partial charge in [0, 0.05) is 15.6 Å². The lowest BCUT2D eigenvalue weighted by Gasteiger charge is -2.04. The zero-order chi connectivity index (χ0) is 14.0. The van der Waals surface area contributed by atoms with Crippen LogP contribution in [0.1, 0.15) is 10.4 Å². The Labute approximate surface area is 119 Å². The molecule has 0 saturated heterocycles. The van der Waals surface area contributed by atoms with E-state index in [-0.39, 0.29) is 5.03 Å². The Kier molecular flexibility index (Phi) is 4.16. The van der Waals surface area contributed by atoms with Gasteiger partial charge in [-0.2, -0.15) is 0 Å². The number of aromatic carboxylic acids is 1. The molecule has 0 fully saturated rings. The van der Waals surface area contributed by atoms with Crippen molar-refractivity contribution in [1.29, 1.82) is 0 Å². The molecule has 3 nitrogen and oxygen atoms in total. The number of carboxylic acid groups (broad SMARTS) is 1. The first-order chi connectivity index (χ1) is 8.97. The number of pyridine rings is 1. The average Bonchev–Trinajstić information content (AvgIpc) is 2.34. The van der Waals surface area contributed by atoms with E-state index in [9.17, 15) is 13.6 Å². The van der Waals surface area contributed by atoms with Crippen molar-refractivity contribution in [2.45, 2.75) is 9.92 Å². The van der Waals surface area contributed by atoms with Gasteiger partial charge in [-0.15, -0.1) is 0 Å². The van der Waals surface area contributed by atoms with Gasteiger partial charge in [0.2, 0.25) is 0 Å². The van der Waals surface area contributed by atoms with E-state index in [0.29, 0.717) is 9.37 Å². The molecule has 0 aliphatic rings. The predicted molar refractivity (Wildman–Crippen MR) is 69.4 cm³/mol. The van der Waals surface area contributed by atoms with Crippen LogP contribution in [0.25, 0.3) is 0 Å². The van der Waals surface area contributed by atoms with Crippen molar-refractivity contribution in [3.63, 3.8) is 0 Å². The number of carboxylic acids is 1. The predicted octanol–water partition coefficient (Wildman–Crippen LogP) is 3.97. The van der Waals surface area contributed by atoms with Crippen molar-refractivity contribution in [1.82, 2.24) is 4.98 Å². The molecule has 0 aliphatic heterocycles. The second-order valence-corrected chi connectivity index (χ2v) is 5.47. The van der Waals surface area contributed by atoms with Gasteiger partial charge in [-0.1, -0.05) is 11.8 Å². The monoisotopic (exact) mass is 345 g/mol. The summed E-state index contributed by atoms with van der Waals surface area (Å²) in [5, 5.41) is 8.89. The second kappa shape index (κ2) is 5.66. The molecule has 0 unspecified atom stereocenters. The summed E-state index contributed by atoms with van der Waals surface area (Å²) in [6, 6.07) is 4.79. The zero-order valence-corrected chi connectivity index (χ0v) is 11.6. The number of benzene rings is 1. The normalized spacial score (nSPS) is 10.5. The molecular formula is C12H6BrF2NO2S. The first-order valence-corrected chi connectivity index (χ1v) is 6.60. The quantitative estimate of drug-likeness (QED) is 0.914. The summed E-state index contributed by atoms with van der Waals surface area (Å²) in [7, 11) is 0. The highest BCUT2D eigenvalue weighted by molar-refractivity contribution is 9.10. The van der Waals surface area contributed by atoms with Gasteiger partial charge in [0.25, 0.3) is 0 Å². The summed E-state index contributed by atoms with van der Waals surface area (Å²) < 4.78 is 27.3. The van der Waals surface area contributed by atoms with Crippen molar-refractivity contribution >= 4 is 33.7 Å². The first kappa shape index (κ1) is 14.0. The van der Waals surface area contributed by atoms with E-state index >= 15 is 0 Å². The van der Waals surface area contributed by atoms with E-state index in [4.69, 9.17) is 5.11 Å². The molecule has 1 aromatic heterocycles. The zero-order valence-electron chi connectivity index (χ0n) is 9.23. The summed E-state index contributed by atoms with van der Waals surface area (Å²) >= 11 is 4.01. The van der Waals surface area contributed by atoms with Crippen LogP contribution in [0.2, 0.25) is 0 Å². The van der Waals surface area contributed by atoms with Gasteiger partial charge >= 0.3 is 5.97 Å². The summed E-state index contributed by atoms with van der Waals surface area (Å²) in [6.45, 7) is 0. The molecule has 0 aliphatic carbocycles. The Balaban J connectivity index is 2.33. The van der Waals surface area contributed by atoms with Crippen molar-refractivity contribution in [2.24, 2.45) is 0 Å². The number of halogens is 3. The summed E-state index contributed by atoms with van der Waals surface area (Å²) in [5.74, 6) is -2.74. The summed E-state index contributed by atoms with van der Waals surface area (Å²) in [5.41, 5.74) is -0.456. The largest absolute Gasteiger partial charge is 0.478 e. The minimum Gasteiger partial charge on any atom is -0.478 e. The summed E-state index contributed by atoms with van der Waals surface area (Å²) in [6.07, 6.45) is 1.42. The van der Waals surface area contributed by atoms with Crippen LogP contribution in [-0.4, -0.2) is 16.1 Å². The molecule has 98 valence electrons. The lowest BCUT2D eigenvalue weighted by molar-refractivity contribution is 0.0691. The van der Waals surface area contributed by atoms with Crippen LogP contribution >= 0.6 is 27.7 Å². The van der Waals surface area contributed by atoms with Gasteiger partial charge in [0.1, 0.15) is 10.8 Å².